The molecule has 1 aliphatic rings. The number of halogens is 1. The Bertz CT molecular complexity index is 702. The molecule has 1 aromatic carbocycles. The number of anilines is 2. The molecule has 0 unspecified atom stereocenters. The summed E-state index contributed by atoms with van der Waals surface area (Å²) in [4.78, 5) is 25.0. The van der Waals surface area contributed by atoms with Crippen LogP contribution in [0, 0.1) is 6.92 Å². The fraction of sp³-hybridized carbons (Fsp3) is 0.312. The second kappa shape index (κ2) is 5.93. The van der Waals surface area contributed by atoms with Crippen LogP contribution in [0.2, 0.25) is 5.02 Å². The van der Waals surface area contributed by atoms with Crippen molar-refractivity contribution in [3.63, 3.8) is 0 Å². The molecule has 0 aliphatic carbocycles. The van der Waals surface area contributed by atoms with Gasteiger partial charge >= 0.3 is 0 Å². The third-order valence-corrected chi connectivity index (χ3v) is 4.00. The lowest BCUT2D eigenvalue weighted by Crippen LogP contribution is -2.32. The number of aryl methyl sites for hydroxylation is 1. The smallest absolute Gasteiger partial charge is 0.278 e. The Morgan fingerprint density at radius 2 is 2.00 bits per heavy atom. The Morgan fingerprint density at radius 1 is 1.18 bits per heavy atom. The van der Waals surface area contributed by atoms with Gasteiger partial charge in [-0.2, -0.15) is 0 Å². The summed E-state index contributed by atoms with van der Waals surface area (Å²) in [5.41, 5.74) is 2.95. The molecule has 3 rings (SSSR count). The topological polar surface area (TPSA) is 49.3 Å². The third-order valence-electron chi connectivity index (χ3n) is 3.76. The highest BCUT2D eigenvalue weighted by molar-refractivity contribution is 6.31. The summed E-state index contributed by atoms with van der Waals surface area (Å²) in [5.74, 6) is -0.147. The maximum absolute atomic E-state index is 12.8. The van der Waals surface area contributed by atoms with E-state index in [0.29, 0.717) is 17.3 Å². The Balaban J connectivity index is 2.03. The molecular weight excluding hydrogens is 300 g/mol. The highest BCUT2D eigenvalue weighted by Crippen LogP contribution is 2.34. The maximum atomic E-state index is 12.8. The molecular formula is C16H17ClN4O. The van der Waals surface area contributed by atoms with E-state index in [1.807, 2.05) is 32.2 Å². The molecule has 1 aromatic heterocycles. The number of hydrogen-bond donors (Lipinski definition) is 0. The predicted octanol–water partition coefficient (Wildman–Crippen LogP) is 2.93. The number of rotatable bonds is 1. The number of benzene rings is 1. The number of carbonyl (C=O) groups is 1. The van der Waals surface area contributed by atoms with E-state index in [2.05, 4.69) is 14.9 Å². The van der Waals surface area contributed by atoms with E-state index in [9.17, 15) is 4.79 Å². The van der Waals surface area contributed by atoms with Crippen molar-refractivity contribution in [2.45, 2.75) is 13.3 Å². The van der Waals surface area contributed by atoms with E-state index in [4.69, 9.17) is 11.6 Å². The van der Waals surface area contributed by atoms with Crippen LogP contribution in [0.4, 0.5) is 11.4 Å². The molecule has 0 bridgehead atoms. The monoisotopic (exact) mass is 316 g/mol. The highest BCUT2D eigenvalue weighted by atomic mass is 35.5. The van der Waals surface area contributed by atoms with Gasteiger partial charge in [-0.25, -0.2) is 4.98 Å². The first-order valence-electron chi connectivity index (χ1n) is 7.17. The predicted molar refractivity (Wildman–Crippen MR) is 87.8 cm³/mol. The van der Waals surface area contributed by atoms with Crippen LogP contribution in [0.3, 0.4) is 0 Å². The molecule has 114 valence electrons. The van der Waals surface area contributed by atoms with Crippen LogP contribution < -0.4 is 9.80 Å². The lowest BCUT2D eigenvalue weighted by molar-refractivity contribution is 0.0982. The van der Waals surface area contributed by atoms with Gasteiger partial charge in [-0.05, 0) is 31.5 Å². The van der Waals surface area contributed by atoms with Crippen LogP contribution in [-0.4, -0.2) is 36.0 Å². The summed E-state index contributed by atoms with van der Waals surface area (Å²) in [5, 5.41) is 0.613. The minimum absolute atomic E-state index is 0.147. The molecule has 6 heteroatoms. The zero-order valence-corrected chi connectivity index (χ0v) is 13.3. The molecule has 0 spiro atoms. The van der Waals surface area contributed by atoms with Crippen LogP contribution in [0.1, 0.15) is 22.6 Å². The van der Waals surface area contributed by atoms with Gasteiger partial charge in [0.05, 0.1) is 23.3 Å². The van der Waals surface area contributed by atoms with E-state index in [0.717, 1.165) is 30.0 Å². The van der Waals surface area contributed by atoms with E-state index >= 15 is 0 Å². The Labute approximate surface area is 134 Å². The van der Waals surface area contributed by atoms with Gasteiger partial charge in [0.1, 0.15) is 5.69 Å². The second-order valence-corrected chi connectivity index (χ2v) is 5.84. The lowest BCUT2D eigenvalue weighted by atomic mass is 10.2. The molecule has 0 N–H and O–H groups in total. The fourth-order valence-electron chi connectivity index (χ4n) is 2.59. The van der Waals surface area contributed by atoms with Gasteiger partial charge in [0.15, 0.2) is 0 Å². The number of amides is 1. The summed E-state index contributed by atoms with van der Waals surface area (Å²) in [6, 6.07) is 5.62. The average molecular weight is 317 g/mol. The summed E-state index contributed by atoms with van der Waals surface area (Å²) >= 11 is 6.13. The minimum Gasteiger partial charge on any atom is -0.373 e. The van der Waals surface area contributed by atoms with Gasteiger partial charge in [0, 0.05) is 31.4 Å². The highest BCUT2D eigenvalue weighted by Gasteiger charge is 2.25. The largest absolute Gasteiger partial charge is 0.373 e. The number of hydrogen-bond acceptors (Lipinski definition) is 4. The van der Waals surface area contributed by atoms with E-state index < -0.39 is 0 Å². The lowest BCUT2D eigenvalue weighted by Gasteiger charge is -2.24. The first-order valence-corrected chi connectivity index (χ1v) is 7.55. The SMILES string of the molecule is Cc1cnc(C(=O)N2CCCN(C)c3ccc(Cl)cc32)cn1. The Morgan fingerprint density at radius 3 is 2.73 bits per heavy atom. The van der Waals surface area contributed by atoms with Crippen LogP contribution in [0.15, 0.2) is 30.6 Å². The maximum Gasteiger partial charge on any atom is 0.278 e. The fourth-order valence-corrected chi connectivity index (χ4v) is 2.76. The van der Waals surface area contributed by atoms with Crippen LogP contribution in [-0.2, 0) is 0 Å². The Kier molecular flexibility index (Phi) is 3.98. The molecule has 2 heterocycles. The third kappa shape index (κ3) is 2.76. The Hall–Kier alpha value is -2.14. The molecule has 1 aliphatic heterocycles. The van der Waals surface area contributed by atoms with Crippen LogP contribution >= 0.6 is 11.6 Å². The molecule has 5 nitrogen and oxygen atoms in total. The van der Waals surface area contributed by atoms with E-state index in [1.54, 1.807) is 11.1 Å². The molecule has 0 radical (unpaired) electrons. The van der Waals surface area contributed by atoms with Gasteiger partial charge in [0.25, 0.3) is 5.91 Å². The first-order chi connectivity index (χ1) is 10.6. The van der Waals surface area contributed by atoms with Crippen LogP contribution in [0.5, 0.6) is 0 Å². The summed E-state index contributed by atoms with van der Waals surface area (Å²) in [7, 11) is 2.02. The second-order valence-electron chi connectivity index (χ2n) is 5.41. The molecule has 0 saturated carbocycles. The number of aromatic nitrogens is 2. The van der Waals surface area contributed by atoms with Crippen molar-refractivity contribution >= 4 is 28.9 Å². The number of carbonyl (C=O) groups excluding carboxylic acids is 1. The van der Waals surface area contributed by atoms with Crippen molar-refractivity contribution in [2.75, 3.05) is 29.9 Å². The zero-order chi connectivity index (χ0) is 15.7. The van der Waals surface area contributed by atoms with Crippen molar-refractivity contribution in [1.29, 1.82) is 0 Å². The normalized spacial score (nSPS) is 14.5. The van der Waals surface area contributed by atoms with Gasteiger partial charge in [0.2, 0.25) is 0 Å². The first kappa shape index (κ1) is 14.8. The van der Waals surface area contributed by atoms with Crippen molar-refractivity contribution in [3.05, 3.63) is 47.0 Å². The van der Waals surface area contributed by atoms with Crippen molar-refractivity contribution in [1.82, 2.24) is 9.97 Å². The summed E-state index contributed by atoms with van der Waals surface area (Å²) in [6.45, 7) is 3.36. The molecule has 0 saturated heterocycles. The molecule has 1 amide bonds. The van der Waals surface area contributed by atoms with Gasteiger partial charge < -0.3 is 9.80 Å². The van der Waals surface area contributed by atoms with Gasteiger partial charge in [-0.1, -0.05) is 11.6 Å². The van der Waals surface area contributed by atoms with Crippen LogP contribution in [0.25, 0.3) is 0 Å². The zero-order valence-electron chi connectivity index (χ0n) is 12.6. The van der Waals surface area contributed by atoms with Gasteiger partial charge in [-0.3, -0.25) is 9.78 Å². The van der Waals surface area contributed by atoms with Crippen molar-refractivity contribution in [3.8, 4) is 0 Å². The summed E-state index contributed by atoms with van der Waals surface area (Å²) < 4.78 is 0. The minimum atomic E-state index is -0.147. The molecule has 22 heavy (non-hydrogen) atoms. The molecule has 2 aromatic rings. The average Bonchev–Trinajstić information content (AvgIpc) is 2.66. The quantitative estimate of drug-likeness (QED) is 0.811. The van der Waals surface area contributed by atoms with Gasteiger partial charge in [-0.15, -0.1) is 0 Å². The van der Waals surface area contributed by atoms with Crippen molar-refractivity contribution < 1.29 is 4.79 Å². The van der Waals surface area contributed by atoms with E-state index in [-0.39, 0.29) is 5.91 Å². The van der Waals surface area contributed by atoms with E-state index in [1.165, 1.54) is 6.20 Å². The standard InChI is InChI=1S/C16H17ClN4O/c1-11-9-19-13(10-18-11)16(22)21-7-3-6-20(2)14-5-4-12(17)8-15(14)21/h4-5,8-10H,3,6-7H2,1-2H3. The molecule has 0 atom stereocenters. The number of fused-ring (bicyclic) bond motifs is 1. The number of nitrogens with zero attached hydrogens (tertiary/aromatic N) is 4. The van der Waals surface area contributed by atoms with Crippen molar-refractivity contribution in [2.24, 2.45) is 0 Å². The summed E-state index contributed by atoms with van der Waals surface area (Å²) in [6.07, 6.45) is 4.01. The molecule has 0 fully saturated rings.